The molecule has 26 heavy (non-hydrogen) atoms. The van der Waals surface area contributed by atoms with Crippen molar-refractivity contribution in [2.45, 2.75) is 136 Å². The zero-order chi connectivity index (χ0) is 19.5. The first kappa shape index (κ1) is 25.9. The van der Waals surface area contributed by atoms with Gasteiger partial charge in [0.15, 0.2) is 0 Å². The Hall–Kier alpha value is -0.130. The summed E-state index contributed by atoms with van der Waals surface area (Å²) in [5, 5.41) is 0. The highest BCUT2D eigenvalue weighted by Crippen LogP contribution is 2.18. The van der Waals surface area contributed by atoms with Gasteiger partial charge in [0.2, 0.25) is 0 Å². The predicted octanol–water partition coefficient (Wildman–Crippen LogP) is 7.24. The standard InChI is InChI=1S/C21H44O4S/c1-3-5-7-9-11-13-15-17-19-21(25-26(22,23)24)20-18-16-14-12-10-8-6-4-2/h21H,3-20H2,1-2H3,(H,22,23,24). The number of unbranched alkanes of at least 4 members (excludes halogenated alkanes) is 14. The Balaban J connectivity index is 3.78. The lowest BCUT2D eigenvalue weighted by Gasteiger charge is -2.15. The van der Waals surface area contributed by atoms with Gasteiger partial charge < -0.3 is 0 Å². The fraction of sp³-hybridized carbons (Fsp3) is 1.00. The zero-order valence-electron chi connectivity index (χ0n) is 17.4. The van der Waals surface area contributed by atoms with Gasteiger partial charge in [-0.25, -0.2) is 4.18 Å². The first-order chi connectivity index (χ1) is 12.5. The van der Waals surface area contributed by atoms with Crippen molar-refractivity contribution in [1.29, 1.82) is 0 Å². The Morgan fingerprint density at radius 2 is 0.923 bits per heavy atom. The van der Waals surface area contributed by atoms with Crippen LogP contribution >= 0.6 is 0 Å². The average Bonchev–Trinajstić information content (AvgIpc) is 2.58. The Morgan fingerprint density at radius 1 is 0.615 bits per heavy atom. The van der Waals surface area contributed by atoms with E-state index in [1.165, 1.54) is 77.0 Å². The van der Waals surface area contributed by atoms with Crippen molar-refractivity contribution in [2.75, 3.05) is 0 Å². The molecule has 0 aromatic rings. The van der Waals surface area contributed by atoms with Gasteiger partial charge in [0.1, 0.15) is 0 Å². The van der Waals surface area contributed by atoms with Crippen molar-refractivity contribution in [3.05, 3.63) is 0 Å². The lowest BCUT2D eigenvalue weighted by atomic mass is 10.0. The number of hydrogen-bond acceptors (Lipinski definition) is 3. The molecule has 0 saturated heterocycles. The van der Waals surface area contributed by atoms with Crippen LogP contribution in [0.2, 0.25) is 0 Å². The van der Waals surface area contributed by atoms with Crippen LogP contribution in [0.4, 0.5) is 0 Å². The first-order valence-corrected chi connectivity index (χ1v) is 12.5. The van der Waals surface area contributed by atoms with Gasteiger partial charge in [-0.2, -0.15) is 8.42 Å². The van der Waals surface area contributed by atoms with Crippen molar-refractivity contribution in [3.63, 3.8) is 0 Å². The molecule has 0 heterocycles. The minimum absolute atomic E-state index is 0.356. The molecule has 0 saturated carbocycles. The smallest absolute Gasteiger partial charge is 0.264 e. The van der Waals surface area contributed by atoms with Crippen molar-refractivity contribution >= 4 is 10.4 Å². The lowest BCUT2D eigenvalue weighted by molar-refractivity contribution is 0.157. The van der Waals surface area contributed by atoms with Crippen LogP contribution in [0.3, 0.4) is 0 Å². The van der Waals surface area contributed by atoms with Crippen LogP contribution in [0.15, 0.2) is 0 Å². The first-order valence-electron chi connectivity index (χ1n) is 11.1. The fourth-order valence-electron chi connectivity index (χ4n) is 3.42. The molecule has 4 nitrogen and oxygen atoms in total. The Labute approximate surface area is 163 Å². The molecule has 0 spiro atoms. The maximum atomic E-state index is 11.0. The van der Waals surface area contributed by atoms with Gasteiger partial charge in [-0.3, -0.25) is 4.55 Å². The minimum atomic E-state index is -4.34. The number of rotatable bonds is 20. The van der Waals surface area contributed by atoms with E-state index in [4.69, 9.17) is 8.74 Å². The van der Waals surface area contributed by atoms with E-state index in [1.807, 2.05) is 0 Å². The third-order valence-corrected chi connectivity index (χ3v) is 5.53. The van der Waals surface area contributed by atoms with E-state index in [0.29, 0.717) is 0 Å². The van der Waals surface area contributed by atoms with Gasteiger partial charge in [0, 0.05) is 0 Å². The molecule has 0 bridgehead atoms. The van der Waals surface area contributed by atoms with Gasteiger partial charge in [-0.1, -0.05) is 117 Å². The van der Waals surface area contributed by atoms with Crippen molar-refractivity contribution in [3.8, 4) is 0 Å². The molecular weight excluding hydrogens is 348 g/mol. The highest BCUT2D eigenvalue weighted by Gasteiger charge is 2.16. The average molecular weight is 393 g/mol. The van der Waals surface area contributed by atoms with Gasteiger partial charge in [0.25, 0.3) is 0 Å². The van der Waals surface area contributed by atoms with Crippen LogP contribution in [0, 0.1) is 0 Å². The highest BCUT2D eigenvalue weighted by molar-refractivity contribution is 7.80. The molecule has 5 heteroatoms. The molecule has 0 atom stereocenters. The maximum absolute atomic E-state index is 11.0. The van der Waals surface area contributed by atoms with E-state index in [-0.39, 0.29) is 6.10 Å². The van der Waals surface area contributed by atoms with Crippen LogP contribution in [0.25, 0.3) is 0 Å². The normalized spacial score (nSPS) is 12.2. The topological polar surface area (TPSA) is 63.6 Å². The van der Waals surface area contributed by atoms with E-state index in [0.717, 1.165) is 38.5 Å². The van der Waals surface area contributed by atoms with Crippen molar-refractivity contribution < 1.29 is 17.2 Å². The molecule has 0 aliphatic rings. The third kappa shape index (κ3) is 20.2. The van der Waals surface area contributed by atoms with Gasteiger partial charge >= 0.3 is 10.4 Å². The summed E-state index contributed by atoms with van der Waals surface area (Å²) in [7, 11) is -4.34. The summed E-state index contributed by atoms with van der Waals surface area (Å²) in [4.78, 5) is 0. The molecule has 158 valence electrons. The quantitative estimate of drug-likeness (QED) is 0.175. The molecule has 1 N–H and O–H groups in total. The second-order valence-electron chi connectivity index (χ2n) is 7.67. The van der Waals surface area contributed by atoms with Gasteiger partial charge in [0.05, 0.1) is 6.10 Å². The molecule has 0 unspecified atom stereocenters. The monoisotopic (exact) mass is 392 g/mol. The molecule has 0 aromatic heterocycles. The van der Waals surface area contributed by atoms with E-state index in [2.05, 4.69) is 13.8 Å². The largest absolute Gasteiger partial charge is 0.397 e. The minimum Gasteiger partial charge on any atom is -0.264 e. The maximum Gasteiger partial charge on any atom is 0.397 e. The molecule has 0 rings (SSSR count). The fourth-order valence-corrected chi connectivity index (χ4v) is 3.96. The molecule has 0 amide bonds. The van der Waals surface area contributed by atoms with Crippen LogP contribution < -0.4 is 0 Å². The molecule has 0 aliphatic carbocycles. The van der Waals surface area contributed by atoms with Crippen LogP contribution in [-0.2, 0) is 14.6 Å². The van der Waals surface area contributed by atoms with E-state index < -0.39 is 10.4 Å². The highest BCUT2D eigenvalue weighted by atomic mass is 32.3. The summed E-state index contributed by atoms with van der Waals surface area (Å²) in [6.45, 7) is 4.45. The predicted molar refractivity (Wildman–Crippen MR) is 111 cm³/mol. The Morgan fingerprint density at radius 3 is 1.23 bits per heavy atom. The molecule has 0 radical (unpaired) electrons. The summed E-state index contributed by atoms with van der Waals surface area (Å²) in [5.41, 5.74) is 0. The summed E-state index contributed by atoms with van der Waals surface area (Å²) >= 11 is 0. The Kier molecular flexibility index (Phi) is 18.2. The molecule has 0 fully saturated rings. The third-order valence-electron chi connectivity index (χ3n) is 5.02. The summed E-state index contributed by atoms with van der Waals surface area (Å²) in [6, 6.07) is 0. The van der Waals surface area contributed by atoms with E-state index >= 15 is 0 Å². The second-order valence-corrected chi connectivity index (χ2v) is 8.72. The van der Waals surface area contributed by atoms with Gasteiger partial charge in [-0.05, 0) is 12.8 Å². The summed E-state index contributed by atoms with van der Waals surface area (Å²) in [6.07, 6.45) is 20.7. The second kappa shape index (κ2) is 18.2. The molecule has 0 aromatic carbocycles. The lowest BCUT2D eigenvalue weighted by Crippen LogP contribution is -2.18. The summed E-state index contributed by atoms with van der Waals surface area (Å²) < 4.78 is 36.0. The van der Waals surface area contributed by atoms with Crippen LogP contribution in [0.1, 0.15) is 129 Å². The van der Waals surface area contributed by atoms with Crippen molar-refractivity contribution in [1.82, 2.24) is 0 Å². The molecule has 0 aliphatic heterocycles. The Bertz CT molecular complexity index is 361. The number of hydrogen-bond donors (Lipinski definition) is 1. The van der Waals surface area contributed by atoms with Crippen LogP contribution in [-0.4, -0.2) is 19.1 Å². The summed E-state index contributed by atoms with van der Waals surface area (Å²) in [5.74, 6) is 0. The van der Waals surface area contributed by atoms with Crippen molar-refractivity contribution in [2.24, 2.45) is 0 Å². The zero-order valence-corrected chi connectivity index (χ0v) is 18.2. The van der Waals surface area contributed by atoms with Crippen LogP contribution in [0.5, 0.6) is 0 Å². The molecular formula is C21H44O4S. The SMILES string of the molecule is CCCCCCCCCCC(CCCCCCCCCC)OS(=O)(=O)O. The van der Waals surface area contributed by atoms with E-state index in [1.54, 1.807) is 0 Å². The van der Waals surface area contributed by atoms with Gasteiger partial charge in [-0.15, -0.1) is 0 Å². The van der Waals surface area contributed by atoms with E-state index in [9.17, 15) is 8.42 Å².